The number of hydrogen-bond acceptors (Lipinski definition) is 3. The highest BCUT2D eigenvalue weighted by molar-refractivity contribution is 5.28. The number of pyridine rings is 1. The maximum absolute atomic E-state index is 12.1. The van der Waals surface area contributed by atoms with Crippen molar-refractivity contribution in [3.05, 3.63) is 23.5 Å². The number of alkyl halides is 2. The summed E-state index contributed by atoms with van der Waals surface area (Å²) in [5.74, 6) is -0.331. The van der Waals surface area contributed by atoms with Gasteiger partial charge in [0.05, 0.1) is 18.5 Å². The van der Waals surface area contributed by atoms with Gasteiger partial charge in [-0.3, -0.25) is 4.98 Å². The van der Waals surface area contributed by atoms with Crippen LogP contribution in [-0.4, -0.2) is 15.2 Å². The molecule has 0 saturated carbocycles. The van der Waals surface area contributed by atoms with Crippen molar-refractivity contribution in [3.63, 3.8) is 0 Å². The first-order valence-corrected chi connectivity index (χ1v) is 3.22. The normalized spacial score (nSPS) is 10.7. The Balaban J connectivity index is 3.12. The van der Waals surface area contributed by atoms with Gasteiger partial charge in [-0.2, -0.15) is 0 Å². The van der Waals surface area contributed by atoms with Gasteiger partial charge in [-0.15, -0.1) is 0 Å². The predicted molar refractivity (Wildman–Crippen MR) is 36.8 cm³/mol. The van der Waals surface area contributed by atoms with Gasteiger partial charge in [-0.1, -0.05) is 0 Å². The second-order valence-corrected chi connectivity index (χ2v) is 2.19. The molecule has 0 saturated heterocycles. The molecule has 0 fully saturated rings. The Morgan fingerprint density at radius 1 is 1.50 bits per heavy atom. The summed E-state index contributed by atoms with van der Waals surface area (Å²) in [6, 6.07) is 0.892. The van der Waals surface area contributed by atoms with Crippen molar-refractivity contribution in [1.29, 1.82) is 0 Å². The molecule has 1 rings (SSSR count). The topological polar surface area (TPSA) is 53.4 Å². The fourth-order valence-corrected chi connectivity index (χ4v) is 0.820. The van der Waals surface area contributed by atoms with E-state index in [1.54, 1.807) is 0 Å². The summed E-state index contributed by atoms with van der Waals surface area (Å²) in [6.45, 7) is -0.556. The monoisotopic (exact) mass is 175 g/mol. The maximum atomic E-state index is 12.1. The third-order valence-electron chi connectivity index (χ3n) is 1.37. The van der Waals surface area contributed by atoms with E-state index in [0.29, 0.717) is 0 Å². The zero-order valence-electron chi connectivity index (χ0n) is 6.04. The van der Waals surface area contributed by atoms with Gasteiger partial charge in [-0.05, 0) is 6.07 Å². The molecule has 3 nitrogen and oxygen atoms in total. The molecule has 1 aromatic heterocycles. The number of aliphatic hydroxyl groups is 1. The maximum Gasteiger partial charge on any atom is 0.265 e. The number of aromatic nitrogens is 1. The standard InChI is InChI=1S/C7H7F2NO2/c8-7(9)5-1-4(12)2-10-6(5)3-11/h1-2,7,11-12H,3H2. The quantitative estimate of drug-likeness (QED) is 0.710. The van der Waals surface area contributed by atoms with Crippen LogP contribution in [0.2, 0.25) is 0 Å². The number of hydrogen-bond donors (Lipinski definition) is 2. The predicted octanol–water partition coefficient (Wildman–Crippen LogP) is 1.22. The van der Waals surface area contributed by atoms with Gasteiger partial charge in [0.1, 0.15) is 5.75 Å². The Morgan fingerprint density at radius 2 is 2.17 bits per heavy atom. The molecule has 0 aromatic carbocycles. The summed E-state index contributed by atoms with van der Waals surface area (Å²) in [5.41, 5.74) is -0.541. The lowest BCUT2D eigenvalue weighted by molar-refractivity contribution is 0.145. The average Bonchev–Trinajstić information content (AvgIpc) is 2.04. The van der Waals surface area contributed by atoms with Gasteiger partial charge in [0, 0.05) is 5.56 Å². The molecular weight excluding hydrogens is 168 g/mol. The number of halogens is 2. The molecule has 0 bridgehead atoms. The molecule has 1 aromatic rings. The van der Waals surface area contributed by atoms with Crippen LogP contribution in [0, 0.1) is 0 Å². The van der Waals surface area contributed by atoms with Gasteiger partial charge < -0.3 is 10.2 Å². The smallest absolute Gasteiger partial charge is 0.265 e. The average molecular weight is 175 g/mol. The summed E-state index contributed by atoms with van der Waals surface area (Å²) in [5, 5.41) is 17.4. The zero-order chi connectivity index (χ0) is 9.14. The molecule has 0 aliphatic heterocycles. The van der Waals surface area contributed by atoms with E-state index in [1.807, 2.05) is 0 Å². The van der Waals surface area contributed by atoms with Gasteiger partial charge >= 0.3 is 0 Å². The van der Waals surface area contributed by atoms with E-state index in [4.69, 9.17) is 10.2 Å². The molecule has 0 radical (unpaired) electrons. The summed E-state index contributed by atoms with van der Waals surface area (Å²) in [6.07, 6.45) is -1.72. The zero-order valence-corrected chi connectivity index (χ0v) is 6.04. The van der Waals surface area contributed by atoms with Crippen LogP contribution in [0.25, 0.3) is 0 Å². The van der Waals surface area contributed by atoms with Gasteiger partial charge in [-0.25, -0.2) is 8.78 Å². The van der Waals surface area contributed by atoms with Crippen LogP contribution in [0.3, 0.4) is 0 Å². The van der Waals surface area contributed by atoms with Crippen LogP contribution in [0.4, 0.5) is 8.78 Å². The van der Waals surface area contributed by atoms with Crippen LogP contribution in [0.15, 0.2) is 12.3 Å². The minimum atomic E-state index is -2.73. The lowest BCUT2D eigenvalue weighted by Crippen LogP contribution is -1.97. The highest BCUT2D eigenvalue weighted by Crippen LogP contribution is 2.24. The van der Waals surface area contributed by atoms with E-state index < -0.39 is 18.6 Å². The minimum Gasteiger partial charge on any atom is -0.506 e. The lowest BCUT2D eigenvalue weighted by atomic mass is 10.2. The van der Waals surface area contributed by atoms with E-state index in [-0.39, 0.29) is 11.4 Å². The van der Waals surface area contributed by atoms with E-state index in [1.165, 1.54) is 0 Å². The molecular formula is C7H7F2NO2. The largest absolute Gasteiger partial charge is 0.506 e. The first kappa shape index (κ1) is 8.86. The first-order chi connectivity index (χ1) is 5.65. The number of aromatic hydroxyl groups is 1. The highest BCUT2D eigenvalue weighted by atomic mass is 19.3. The van der Waals surface area contributed by atoms with Crippen molar-refractivity contribution in [2.75, 3.05) is 0 Å². The van der Waals surface area contributed by atoms with E-state index in [0.717, 1.165) is 12.3 Å². The Hall–Kier alpha value is -1.23. The Kier molecular flexibility index (Phi) is 2.54. The molecule has 66 valence electrons. The highest BCUT2D eigenvalue weighted by Gasteiger charge is 2.13. The van der Waals surface area contributed by atoms with Crippen LogP contribution in [0.5, 0.6) is 5.75 Å². The van der Waals surface area contributed by atoms with Crippen LogP contribution < -0.4 is 0 Å². The summed E-state index contributed by atoms with van der Waals surface area (Å²) in [4.78, 5) is 3.44. The molecule has 5 heteroatoms. The summed E-state index contributed by atoms with van der Waals surface area (Å²) < 4.78 is 24.3. The van der Waals surface area contributed by atoms with Crippen molar-refractivity contribution < 1.29 is 19.0 Å². The molecule has 0 aliphatic rings. The molecule has 0 aliphatic carbocycles. The van der Waals surface area contributed by atoms with Crippen LogP contribution >= 0.6 is 0 Å². The van der Waals surface area contributed by atoms with E-state index in [9.17, 15) is 8.78 Å². The van der Waals surface area contributed by atoms with Crippen molar-refractivity contribution in [2.45, 2.75) is 13.0 Å². The Bertz CT molecular complexity index is 278. The van der Waals surface area contributed by atoms with E-state index in [2.05, 4.69) is 4.98 Å². The third kappa shape index (κ3) is 1.68. The molecule has 0 unspecified atom stereocenters. The fraction of sp³-hybridized carbons (Fsp3) is 0.286. The van der Waals surface area contributed by atoms with Crippen molar-refractivity contribution in [2.24, 2.45) is 0 Å². The van der Waals surface area contributed by atoms with Crippen molar-refractivity contribution >= 4 is 0 Å². The molecule has 0 atom stereocenters. The number of nitrogens with zero attached hydrogens (tertiary/aromatic N) is 1. The summed E-state index contributed by atoms with van der Waals surface area (Å²) >= 11 is 0. The van der Waals surface area contributed by atoms with Crippen molar-refractivity contribution in [1.82, 2.24) is 4.98 Å². The van der Waals surface area contributed by atoms with Crippen molar-refractivity contribution in [3.8, 4) is 5.75 Å². The molecule has 2 N–H and O–H groups in total. The number of rotatable bonds is 2. The van der Waals surface area contributed by atoms with Crippen LogP contribution in [0.1, 0.15) is 17.7 Å². The molecule has 0 spiro atoms. The van der Waals surface area contributed by atoms with Gasteiger partial charge in [0.2, 0.25) is 0 Å². The lowest BCUT2D eigenvalue weighted by Gasteiger charge is -2.04. The third-order valence-corrected chi connectivity index (χ3v) is 1.37. The molecule has 0 amide bonds. The minimum absolute atomic E-state index is 0.109. The Morgan fingerprint density at radius 3 is 2.67 bits per heavy atom. The second kappa shape index (κ2) is 3.44. The fourth-order valence-electron chi connectivity index (χ4n) is 0.820. The van der Waals surface area contributed by atoms with E-state index >= 15 is 0 Å². The Labute approximate surface area is 67.3 Å². The summed E-state index contributed by atoms with van der Waals surface area (Å²) in [7, 11) is 0. The first-order valence-electron chi connectivity index (χ1n) is 3.22. The molecule has 1 heterocycles. The number of aliphatic hydroxyl groups excluding tert-OH is 1. The SMILES string of the molecule is OCc1ncc(O)cc1C(F)F. The van der Waals surface area contributed by atoms with Gasteiger partial charge in [0.25, 0.3) is 6.43 Å². The van der Waals surface area contributed by atoms with Gasteiger partial charge in [0.15, 0.2) is 0 Å². The van der Waals surface area contributed by atoms with Crippen LogP contribution in [-0.2, 0) is 6.61 Å². The molecule has 12 heavy (non-hydrogen) atoms. The second-order valence-electron chi connectivity index (χ2n) is 2.19.